The SMILES string of the molecule is CNC(=O)/C=C/c1ccc(C(C)C)cc1. The second-order valence-electron chi connectivity index (χ2n) is 3.77. The summed E-state index contributed by atoms with van der Waals surface area (Å²) in [5, 5.41) is 2.54. The Morgan fingerprint density at radius 3 is 2.33 bits per heavy atom. The van der Waals surface area contributed by atoms with Gasteiger partial charge in [0.2, 0.25) is 5.91 Å². The molecule has 0 spiro atoms. The number of rotatable bonds is 3. The molecule has 0 fully saturated rings. The highest BCUT2D eigenvalue weighted by molar-refractivity contribution is 5.91. The van der Waals surface area contributed by atoms with Crippen LogP contribution in [0.1, 0.15) is 30.9 Å². The van der Waals surface area contributed by atoms with E-state index in [0.29, 0.717) is 5.92 Å². The third kappa shape index (κ3) is 3.58. The lowest BCUT2D eigenvalue weighted by Crippen LogP contribution is -2.13. The zero-order chi connectivity index (χ0) is 11.3. The molecule has 0 saturated carbocycles. The van der Waals surface area contributed by atoms with Gasteiger partial charge in [-0.05, 0) is 23.1 Å². The summed E-state index contributed by atoms with van der Waals surface area (Å²) in [6, 6.07) is 8.23. The summed E-state index contributed by atoms with van der Waals surface area (Å²) in [6.07, 6.45) is 3.34. The summed E-state index contributed by atoms with van der Waals surface area (Å²) >= 11 is 0. The van der Waals surface area contributed by atoms with Crippen LogP contribution in [0.5, 0.6) is 0 Å². The van der Waals surface area contributed by atoms with Crippen LogP contribution in [0.4, 0.5) is 0 Å². The van der Waals surface area contributed by atoms with E-state index in [1.807, 2.05) is 18.2 Å². The first kappa shape index (κ1) is 11.5. The van der Waals surface area contributed by atoms with E-state index < -0.39 is 0 Å². The molecule has 0 heterocycles. The minimum absolute atomic E-state index is 0.0806. The standard InChI is InChI=1S/C13H17NO/c1-10(2)12-7-4-11(5-8-12)6-9-13(15)14-3/h4-10H,1-3H3,(H,14,15)/b9-6+. The maximum atomic E-state index is 11.0. The fourth-order valence-corrected chi connectivity index (χ4v) is 1.25. The third-order valence-electron chi connectivity index (χ3n) is 2.28. The molecule has 0 unspecified atom stereocenters. The molecule has 0 bridgehead atoms. The monoisotopic (exact) mass is 203 g/mol. The Morgan fingerprint density at radius 2 is 1.87 bits per heavy atom. The second-order valence-corrected chi connectivity index (χ2v) is 3.77. The topological polar surface area (TPSA) is 29.1 Å². The highest BCUT2D eigenvalue weighted by Crippen LogP contribution is 2.15. The summed E-state index contributed by atoms with van der Waals surface area (Å²) < 4.78 is 0. The Hall–Kier alpha value is -1.57. The molecule has 1 amide bonds. The highest BCUT2D eigenvalue weighted by atomic mass is 16.1. The summed E-state index contributed by atoms with van der Waals surface area (Å²) in [5.74, 6) is 0.463. The van der Waals surface area contributed by atoms with Crippen LogP contribution in [-0.4, -0.2) is 13.0 Å². The van der Waals surface area contributed by atoms with Gasteiger partial charge in [0, 0.05) is 13.1 Å². The lowest BCUT2D eigenvalue weighted by atomic mass is 10.0. The Labute approximate surface area is 91.0 Å². The summed E-state index contributed by atoms with van der Waals surface area (Å²) in [7, 11) is 1.62. The van der Waals surface area contributed by atoms with Gasteiger partial charge in [0.15, 0.2) is 0 Å². The molecule has 1 aromatic rings. The van der Waals surface area contributed by atoms with Crippen molar-refractivity contribution in [1.82, 2.24) is 5.32 Å². The van der Waals surface area contributed by atoms with Crippen molar-refractivity contribution in [2.75, 3.05) is 7.05 Å². The molecule has 0 aliphatic heterocycles. The van der Waals surface area contributed by atoms with Crippen molar-refractivity contribution in [3.63, 3.8) is 0 Å². The van der Waals surface area contributed by atoms with E-state index in [-0.39, 0.29) is 5.91 Å². The molecule has 1 aromatic carbocycles. The Balaban J connectivity index is 2.72. The number of carbonyl (C=O) groups is 1. The molecule has 0 atom stereocenters. The molecule has 0 aliphatic rings. The maximum Gasteiger partial charge on any atom is 0.243 e. The van der Waals surface area contributed by atoms with Crippen LogP contribution in [-0.2, 0) is 4.79 Å². The Morgan fingerprint density at radius 1 is 1.27 bits per heavy atom. The van der Waals surface area contributed by atoms with Crippen molar-refractivity contribution >= 4 is 12.0 Å². The number of nitrogens with one attached hydrogen (secondary N) is 1. The van der Waals surface area contributed by atoms with Crippen LogP contribution in [0.2, 0.25) is 0 Å². The molecule has 15 heavy (non-hydrogen) atoms. The van der Waals surface area contributed by atoms with Gasteiger partial charge >= 0.3 is 0 Å². The number of hydrogen-bond donors (Lipinski definition) is 1. The van der Waals surface area contributed by atoms with Crippen molar-refractivity contribution in [3.8, 4) is 0 Å². The molecule has 0 radical (unpaired) electrons. The number of amides is 1. The molecule has 1 N–H and O–H groups in total. The fourth-order valence-electron chi connectivity index (χ4n) is 1.25. The van der Waals surface area contributed by atoms with Gasteiger partial charge < -0.3 is 5.32 Å². The molecule has 1 rings (SSSR count). The molecule has 2 nitrogen and oxygen atoms in total. The summed E-state index contributed by atoms with van der Waals surface area (Å²) in [5.41, 5.74) is 2.36. The van der Waals surface area contributed by atoms with Crippen LogP contribution >= 0.6 is 0 Å². The van der Waals surface area contributed by atoms with Crippen molar-refractivity contribution in [1.29, 1.82) is 0 Å². The maximum absolute atomic E-state index is 11.0. The first-order chi connectivity index (χ1) is 7.13. The van der Waals surface area contributed by atoms with Gasteiger partial charge in [0.25, 0.3) is 0 Å². The van der Waals surface area contributed by atoms with Crippen LogP contribution in [0, 0.1) is 0 Å². The Kier molecular flexibility index (Phi) is 4.10. The van der Waals surface area contributed by atoms with Crippen molar-refractivity contribution in [2.45, 2.75) is 19.8 Å². The van der Waals surface area contributed by atoms with E-state index in [2.05, 4.69) is 31.3 Å². The van der Waals surface area contributed by atoms with E-state index in [1.54, 1.807) is 7.05 Å². The van der Waals surface area contributed by atoms with Gasteiger partial charge in [0.05, 0.1) is 0 Å². The predicted molar refractivity (Wildman–Crippen MR) is 63.6 cm³/mol. The van der Waals surface area contributed by atoms with Crippen molar-refractivity contribution in [3.05, 3.63) is 41.5 Å². The van der Waals surface area contributed by atoms with E-state index >= 15 is 0 Å². The lowest BCUT2D eigenvalue weighted by Gasteiger charge is -2.04. The number of likely N-dealkylation sites (N-methyl/N-ethyl adjacent to an activating group) is 1. The Bertz CT molecular complexity index is 349. The second kappa shape index (κ2) is 5.35. The zero-order valence-corrected chi connectivity index (χ0v) is 9.45. The molecule has 2 heteroatoms. The quantitative estimate of drug-likeness (QED) is 0.752. The van der Waals surface area contributed by atoms with Gasteiger partial charge in [-0.15, -0.1) is 0 Å². The molecular formula is C13H17NO. The lowest BCUT2D eigenvalue weighted by molar-refractivity contribution is -0.115. The number of carbonyl (C=O) groups excluding carboxylic acids is 1. The first-order valence-electron chi connectivity index (χ1n) is 5.13. The van der Waals surface area contributed by atoms with Gasteiger partial charge in [-0.2, -0.15) is 0 Å². The summed E-state index contributed by atoms with van der Waals surface area (Å²) in [4.78, 5) is 11.0. The third-order valence-corrected chi connectivity index (χ3v) is 2.28. The van der Waals surface area contributed by atoms with Gasteiger partial charge in [-0.1, -0.05) is 38.1 Å². The number of benzene rings is 1. The van der Waals surface area contributed by atoms with E-state index in [0.717, 1.165) is 5.56 Å². The van der Waals surface area contributed by atoms with Crippen molar-refractivity contribution in [2.24, 2.45) is 0 Å². The summed E-state index contributed by atoms with van der Waals surface area (Å²) in [6.45, 7) is 4.32. The molecule has 0 saturated heterocycles. The molecule has 80 valence electrons. The van der Waals surface area contributed by atoms with E-state index in [4.69, 9.17) is 0 Å². The van der Waals surface area contributed by atoms with Gasteiger partial charge in [-0.25, -0.2) is 0 Å². The largest absolute Gasteiger partial charge is 0.356 e. The number of hydrogen-bond acceptors (Lipinski definition) is 1. The van der Waals surface area contributed by atoms with Crippen molar-refractivity contribution < 1.29 is 4.79 Å². The smallest absolute Gasteiger partial charge is 0.243 e. The normalized spacial score (nSPS) is 10.9. The zero-order valence-electron chi connectivity index (χ0n) is 9.45. The average Bonchev–Trinajstić information content (AvgIpc) is 2.26. The highest BCUT2D eigenvalue weighted by Gasteiger charge is 1.97. The molecule has 0 aromatic heterocycles. The molecule has 0 aliphatic carbocycles. The van der Waals surface area contributed by atoms with Gasteiger partial charge in [-0.3, -0.25) is 4.79 Å². The van der Waals surface area contributed by atoms with Gasteiger partial charge in [0.1, 0.15) is 0 Å². The predicted octanol–water partition coefficient (Wildman–Crippen LogP) is 2.57. The van der Waals surface area contributed by atoms with Crippen LogP contribution in [0.25, 0.3) is 6.08 Å². The van der Waals surface area contributed by atoms with E-state index in [1.165, 1.54) is 11.6 Å². The minimum atomic E-state index is -0.0806. The van der Waals surface area contributed by atoms with E-state index in [9.17, 15) is 4.79 Å². The first-order valence-corrected chi connectivity index (χ1v) is 5.13. The average molecular weight is 203 g/mol. The van der Waals surface area contributed by atoms with Crippen LogP contribution < -0.4 is 5.32 Å². The minimum Gasteiger partial charge on any atom is -0.356 e. The van der Waals surface area contributed by atoms with Crippen LogP contribution in [0.15, 0.2) is 30.3 Å². The fraction of sp³-hybridized carbons (Fsp3) is 0.308. The molecular weight excluding hydrogens is 186 g/mol. The van der Waals surface area contributed by atoms with Crippen LogP contribution in [0.3, 0.4) is 0 Å².